The summed E-state index contributed by atoms with van der Waals surface area (Å²) in [6.07, 6.45) is 2.25. The van der Waals surface area contributed by atoms with E-state index in [2.05, 4.69) is 0 Å². The first-order valence-corrected chi connectivity index (χ1v) is 6.81. The summed E-state index contributed by atoms with van der Waals surface area (Å²) in [5.41, 5.74) is 0.423. The highest BCUT2D eigenvalue weighted by Crippen LogP contribution is 2.24. The maximum Gasteiger partial charge on any atom is 0.328 e. The van der Waals surface area contributed by atoms with E-state index in [1.54, 1.807) is 12.1 Å². The van der Waals surface area contributed by atoms with Crippen LogP contribution in [-0.2, 0) is 11.4 Å². The number of hydrogen-bond acceptors (Lipinski definition) is 3. The van der Waals surface area contributed by atoms with Crippen LogP contribution < -0.4 is 4.74 Å². The SMILES string of the molecule is O=C(O)/C=C/c1cc(F)cc(OCc2ccc(Cl)s2)c1. The van der Waals surface area contributed by atoms with E-state index in [4.69, 9.17) is 21.4 Å². The topological polar surface area (TPSA) is 46.5 Å². The molecule has 0 unspecified atom stereocenters. The van der Waals surface area contributed by atoms with Gasteiger partial charge in [-0.15, -0.1) is 11.3 Å². The summed E-state index contributed by atoms with van der Waals surface area (Å²) in [5, 5.41) is 8.54. The average molecular weight is 313 g/mol. The lowest BCUT2D eigenvalue weighted by molar-refractivity contribution is -0.131. The molecule has 0 aliphatic rings. The molecule has 0 fully saturated rings. The third-order valence-corrected chi connectivity index (χ3v) is 3.53. The second kappa shape index (κ2) is 6.54. The molecule has 0 spiro atoms. The van der Waals surface area contributed by atoms with Crippen LogP contribution in [0.2, 0.25) is 4.34 Å². The Kier molecular flexibility index (Phi) is 4.76. The summed E-state index contributed by atoms with van der Waals surface area (Å²) in [6, 6.07) is 7.63. The second-order valence-electron chi connectivity index (χ2n) is 3.89. The number of aliphatic carboxylic acids is 1. The first-order valence-electron chi connectivity index (χ1n) is 5.61. The number of carbonyl (C=O) groups is 1. The smallest absolute Gasteiger partial charge is 0.328 e. The number of thiophene rings is 1. The van der Waals surface area contributed by atoms with Crippen molar-refractivity contribution in [1.82, 2.24) is 0 Å². The Bertz CT molecular complexity index is 652. The lowest BCUT2D eigenvalue weighted by Crippen LogP contribution is -1.94. The summed E-state index contributed by atoms with van der Waals surface area (Å²) in [7, 11) is 0. The van der Waals surface area contributed by atoms with Crippen molar-refractivity contribution in [3.8, 4) is 5.75 Å². The molecule has 20 heavy (non-hydrogen) atoms. The molecule has 1 aromatic carbocycles. The van der Waals surface area contributed by atoms with Gasteiger partial charge in [-0.05, 0) is 35.9 Å². The first-order chi connectivity index (χ1) is 9.52. The number of carboxylic acids is 1. The van der Waals surface area contributed by atoms with Crippen molar-refractivity contribution in [3.05, 3.63) is 57.0 Å². The Labute approximate surface area is 123 Å². The molecule has 0 saturated carbocycles. The Morgan fingerprint density at radius 2 is 2.20 bits per heavy atom. The molecule has 0 aliphatic carbocycles. The van der Waals surface area contributed by atoms with Crippen LogP contribution in [0.4, 0.5) is 4.39 Å². The van der Waals surface area contributed by atoms with Gasteiger partial charge in [-0.25, -0.2) is 9.18 Å². The van der Waals surface area contributed by atoms with Gasteiger partial charge < -0.3 is 9.84 Å². The summed E-state index contributed by atoms with van der Waals surface area (Å²) < 4.78 is 19.5. The maximum absolute atomic E-state index is 13.4. The summed E-state index contributed by atoms with van der Waals surface area (Å²) >= 11 is 7.19. The molecule has 6 heteroatoms. The highest BCUT2D eigenvalue weighted by Gasteiger charge is 2.03. The fourth-order valence-electron chi connectivity index (χ4n) is 1.52. The summed E-state index contributed by atoms with van der Waals surface area (Å²) in [4.78, 5) is 11.4. The predicted octanol–water partition coefficient (Wildman–Crippen LogP) is 4.22. The molecule has 1 N–H and O–H groups in total. The standard InChI is InChI=1S/C14H10ClFO3S/c15-13-3-2-12(20-13)8-19-11-6-9(1-4-14(17)18)5-10(16)7-11/h1-7H,8H2,(H,17,18)/b4-1+. The molecule has 0 atom stereocenters. The van der Waals surface area contributed by atoms with E-state index >= 15 is 0 Å². The van der Waals surface area contributed by atoms with Crippen LogP contribution in [0.25, 0.3) is 6.08 Å². The number of halogens is 2. The molecule has 0 saturated heterocycles. The van der Waals surface area contributed by atoms with Crippen molar-refractivity contribution < 1.29 is 19.0 Å². The van der Waals surface area contributed by atoms with Gasteiger partial charge in [0.15, 0.2) is 0 Å². The summed E-state index contributed by atoms with van der Waals surface area (Å²) in [6.45, 7) is 0.281. The molecular formula is C14H10ClFO3S. The molecule has 0 bridgehead atoms. The molecule has 0 aliphatic heterocycles. The van der Waals surface area contributed by atoms with Crippen LogP contribution in [0.3, 0.4) is 0 Å². The van der Waals surface area contributed by atoms with Crippen LogP contribution in [0, 0.1) is 5.82 Å². The van der Waals surface area contributed by atoms with Gasteiger partial charge in [0, 0.05) is 17.0 Å². The van der Waals surface area contributed by atoms with E-state index in [-0.39, 0.29) is 6.61 Å². The normalized spacial score (nSPS) is 10.9. The molecular weight excluding hydrogens is 303 g/mol. The van der Waals surface area contributed by atoms with E-state index in [1.165, 1.54) is 29.5 Å². The third-order valence-electron chi connectivity index (χ3n) is 2.32. The molecule has 1 aromatic heterocycles. The van der Waals surface area contributed by atoms with Crippen LogP contribution >= 0.6 is 22.9 Å². The largest absolute Gasteiger partial charge is 0.488 e. The number of carboxylic acid groups (broad SMARTS) is 1. The number of ether oxygens (including phenoxy) is 1. The molecule has 1 heterocycles. The lowest BCUT2D eigenvalue weighted by atomic mass is 10.2. The zero-order valence-corrected chi connectivity index (χ0v) is 11.7. The lowest BCUT2D eigenvalue weighted by Gasteiger charge is -2.06. The molecule has 0 radical (unpaired) electrons. The number of rotatable bonds is 5. The third kappa shape index (κ3) is 4.36. The Morgan fingerprint density at radius 1 is 1.40 bits per heavy atom. The van der Waals surface area contributed by atoms with E-state index in [0.717, 1.165) is 11.0 Å². The number of benzene rings is 1. The van der Waals surface area contributed by atoms with Gasteiger partial charge in [0.1, 0.15) is 18.2 Å². The van der Waals surface area contributed by atoms with Gasteiger partial charge in [-0.1, -0.05) is 11.6 Å². The van der Waals surface area contributed by atoms with Crippen molar-refractivity contribution in [2.45, 2.75) is 6.61 Å². The van der Waals surface area contributed by atoms with Gasteiger partial charge in [-0.2, -0.15) is 0 Å². The fourth-order valence-corrected chi connectivity index (χ4v) is 2.52. The van der Waals surface area contributed by atoms with Crippen molar-refractivity contribution in [2.75, 3.05) is 0 Å². The molecule has 3 nitrogen and oxygen atoms in total. The van der Waals surface area contributed by atoms with Crippen molar-refractivity contribution in [2.24, 2.45) is 0 Å². The van der Waals surface area contributed by atoms with E-state index in [0.29, 0.717) is 15.6 Å². The molecule has 0 amide bonds. The first kappa shape index (κ1) is 14.6. The zero-order valence-electron chi connectivity index (χ0n) is 10.2. The zero-order chi connectivity index (χ0) is 14.5. The minimum Gasteiger partial charge on any atom is -0.488 e. The fraction of sp³-hybridized carbons (Fsp3) is 0.0714. The van der Waals surface area contributed by atoms with Gasteiger partial charge in [0.25, 0.3) is 0 Å². The van der Waals surface area contributed by atoms with E-state index in [9.17, 15) is 9.18 Å². The van der Waals surface area contributed by atoms with Crippen molar-refractivity contribution >= 4 is 35.0 Å². The van der Waals surface area contributed by atoms with Crippen molar-refractivity contribution in [1.29, 1.82) is 0 Å². The Hall–Kier alpha value is -1.85. The van der Waals surface area contributed by atoms with Crippen LogP contribution in [0.1, 0.15) is 10.4 Å². The predicted molar refractivity (Wildman–Crippen MR) is 76.7 cm³/mol. The highest BCUT2D eigenvalue weighted by molar-refractivity contribution is 7.16. The average Bonchev–Trinajstić information content (AvgIpc) is 2.79. The second-order valence-corrected chi connectivity index (χ2v) is 5.69. The number of hydrogen-bond donors (Lipinski definition) is 1. The van der Waals surface area contributed by atoms with Crippen LogP contribution in [0.5, 0.6) is 5.75 Å². The van der Waals surface area contributed by atoms with E-state index in [1.807, 2.05) is 6.07 Å². The molecule has 104 valence electrons. The van der Waals surface area contributed by atoms with Gasteiger partial charge in [0.2, 0.25) is 0 Å². The van der Waals surface area contributed by atoms with Gasteiger partial charge >= 0.3 is 5.97 Å². The van der Waals surface area contributed by atoms with E-state index < -0.39 is 11.8 Å². The highest BCUT2D eigenvalue weighted by atomic mass is 35.5. The molecule has 2 rings (SSSR count). The van der Waals surface area contributed by atoms with Crippen molar-refractivity contribution in [3.63, 3.8) is 0 Å². The minimum absolute atomic E-state index is 0.281. The quantitative estimate of drug-likeness (QED) is 0.841. The van der Waals surface area contributed by atoms with Gasteiger partial charge in [0.05, 0.1) is 4.34 Å². The Morgan fingerprint density at radius 3 is 2.85 bits per heavy atom. The van der Waals surface area contributed by atoms with Crippen LogP contribution in [0.15, 0.2) is 36.4 Å². The van der Waals surface area contributed by atoms with Gasteiger partial charge in [-0.3, -0.25) is 0 Å². The minimum atomic E-state index is -1.09. The summed E-state index contributed by atoms with van der Waals surface area (Å²) in [5.74, 6) is -1.25. The Balaban J connectivity index is 2.09. The van der Waals surface area contributed by atoms with Crippen LogP contribution in [-0.4, -0.2) is 11.1 Å². The maximum atomic E-state index is 13.4. The monoisotopic (exact) mass is 312 g/mol. The molecule has 2 aromatic rings.